The second kappa shape index (κ2) is 5.32. The van der Waals surface area contributed by atoms with E-state index in [9.17, 15) is 13.2 Å². The van der Waals surface area contributed by atoms with Gasteiger partial charge in [0.25, 0.3) is 0 Å². The van der Waals surface area contributed by atoms with Crippen LogP contribution in [0.3, 0.4) is 0 Å². The molecule has 2 aliphatic heterocycles. The van der Waals surface area contributed by atoms with E-state index < -0.39 is 11.9 Å². The summed E-state index contributed by atoms with van der Waals surface area (Å²) in [7, 11) is 1.91. The molecule has 4 rings (SSSR count). The van der Waals surface area contributed by atoms with Crippen LogP contribution in [0, 0.1) is 0 Å². The van der Waals surface area contributed by atoms with Gasteiger partial charge in [-0.15, -0.1) is 10.2 Å². The number of fused-ring (bicyclic) bond motifs is 2. The van der Waals surface area contributed by atoms with Gasteiger partial charge in [-0.25, -0.2) is 0 Å². The van der Waals surface area contributed by atoms with Gasteiger partial charge >= 0.3 is 6.18 Å². The molecule has 2 aromatic rings. The van der Waals surface area contributed by atoms with Gasteiger partial charge in [-0.05, 0) is 43.0 Å². The minimum Gasteiger partial charge on any atom is -0.345 e. The molecule has 0 aliphatic carbocycles. The minimum atomic E-state index is -4.46. The third kappa shape index (κ3) is 2.46. The molecule has 0 unspecified atom stereocenters. The molecule has 2 atom stereocenters. The number of rotatable bonds is 2. The number of nitrogens with zero attached hydrogens (tertiary/aromatic N) is 5. The molecular weight excluding hydrogens is 319 g/mol. The predicted molar refractivity (Wildman–Crippen MR) is 82.1 cm³/mol. The number of aromatic nitrogens is 4. The maximum absolute atomic E-state index is 12.6. The molecule has 0 spiro atoms. The Labute approximate surface area is 136 Å². The van der Waals surface area contributed by atoms with Crippen molar-refractivity contribution in [2.75, 3.05) is 4.90 Å². The van der Waals surface area contributed by atoms with Crippen LogP contribution in [0.4, 0.5) is 19.0 Å². The molecule has 2 aromatic heterocycles. The summed E-state index contributed by atoms with van der Waals surface area (Å²) in [5, 5.41) is 11.4. The molecule has 0 amide bonds. The molecule has 2 bridgehead atoms. The van der Waals surface area contributed by atoms with Crippen LogP contribution in [-0.4, -0.2) is 32.1 Å². The Hall–Kier alpha value is -2.38. The molecule has 1 fully saturated rings. The first-order chi connectivity index (χ1) is 11.4. The summed E-state index contributed by atoms with van der Waals surface area (Å²) in [5.74, 6) is 0.510. The Morgan fingerprint density at radius 3 is 2.54 bits per heavy atom. The van der Waals surface area contributed by atoms with E-state index >= 15 is 0 Å². The fourth-order valence-corrected chi connectivity index (χ4v) is 3.68. The molecule has 8 heteroatoms. The first-order valence-electron chi connectivity index (χ1n) is 7.82. The van der Waals surface area contributed by atoms with Gasteiger partial charge in [0.2, 0.25) is 0 Å². The van der Waals surface area contributed by atoms with Crippen LogP contribution in [0.15, 0.2) is 30.5 Å². The van der Waals surface area contributed by atoms with Crippen LogP contribution in [0.2, 0.25) is 0 Å². The van der Waals surface area contributed by atoms with E-state index in [-0.39, 0.29) is 12.1 Å². The van der Waals surface area contributed by atoms with Crippen LogP contribution >= 0.6 is 0 Å². The van der Waals surface area contributed by atoms with Gasteiger partial charge < -0.3 is 4.90 Å². The minimum absolute atomic E-state index is 0.139. The van der Waals surface area contributed by atoms with Crippen molar-refractivity contribution in [3.8, 4) is 0 Å². The summed E-state index contributed by atoms with van der Waals surface area (Å²) in [6, 6.07) is 4.78. The fraction of sp³-hybridized carbons (Fsp3) is 0.438. The number of anilines is 1. The lowest BCUT2D eigenvalue weighted by Gasteiger charge is -2.34. The SMILES string of the molecule is Cn1nccc1C1=C[C@H]2CC[C@@H](C1)N2c1ccc(C(F)(F)F)nn1. The largest absolute Gasteiger partial charge is 0.435 e. The van der Waals surface area contributed by atoms with Crippen molar-refractivity contribution in [3.05, 3.63) is 41.9 Å². The Kier molecular flexibility index (Phi) is 3.36. The zero-order chi connectivity index (χ0) is 16.9. The van der Waals surface area contributed by atoms with Crippen molar-refractivity contribution in [1.29, 1.82) is 0 Å². The third-order valence-electron chi connectivity index (χ3n) is 4.75. The van der Waals surface area contributed by atoms with Crippen LogP contribution in [0.25, 0.3) is 5.57 Å². The Bertz CT molecular complexity index is 778. The number of halogens is 3. The van der Waals surface area contributed by atoms with E-state index in [1.54, 1.807) is 6.20 Å². The Morgan fingerprint density at radius 1 is 1.12 bits per heavy atom. The van der Waals surface area contributed by atoms with Crippen LogP contribution in [-0.2, 0) is 13.2 Å². The molecule has 1 saturated heterocycles. The van der Waals surface area contributed by atoms with E-state index in [2.05, 4.69) is 26.3 Å². The number of aryl methyl sites for hydroxylation is 1. The Morgan fingerprint density at radius 2 is 1.96 bits per heavy atom. The van der Waals surface area contributed by atoms with Crippen molar-refractivity contribution >= 4 is 11.4 Å². The highest BCUT2D eigenvalue weighted by Crippen LogP contribution is 2.40. The highest BCUT2D eigenvalue weighted by molar-refractivity contribution is 5.68. The van der Waals surface area contributed by atoms with Crippen molar-refractivity contribution in [3.63, 3.8) is 0 Å². The van der Waals surface area contributed by atoms with E-state index in [4.69, 9.17) is 0 Å². The van der Waals surface area contributed by atoms with E-state index in [0.29, 0.717) is 5.82 Å². The van der Waals surface area contributed by atoms with Gasteiger partial charge in [-0.2, -0.15) is 18.3 Å². The summed E-state index contributed by atoms with van der Waals surface area (Å²) in [5.41, 5.74) is 1.37. The maximum Gasteiger partial charge on any atom is 0.435 e. The average Bonchev–Trinajstić information content (AvgIpc) is 3.08. The normalized spacial score (nSPS) is 23.5. The first kappa shape index (κ1) is 15.2. The molecule has 0 N–H and O–H groups in total. The van der Waals surface area contributed by atoms with Gasteiger partial charge in [0.15, 0.2) is 11.5 Å². The van der Waals surface area contributed by atoms with Gasteiger partial charge in [0, 0.05) is 25.3 Å². The van der Waals surface area contributed by atoms with Crippen LogP contribution in [0.5, 0.6) is 0 Å². The molecule has 126 valence electrons. The van der Waals surface area contributed by atoms with Crippen molar-refractivity contribution < 1.29 is 13.2 Å². The second-order valence-corrected chi connectivity index (χ2v) is 6.22. The summed E-state index contributed by atoms with van der Waals surface area (Å²) < 4.78 is 39.8. The highest BCUT2D eigenvalue weighted by atomic mass is 19.4. The number of alkyl halides is 3. The molecule has 2 aliphatic rings. The van der Waals surface area contributed by atoms with Crippen LogP contribution in [0.1, 0.15) is 30.7 Å². The van der Waals surface area contributed by atoms with Crippen molar-refractivity contribution in [2.24, 2.45) is 7.05 Å². The maximum atomic E-state index is 12.6. The van der Waals surface area contributed by atoms with Gasteiger partial charge in [-0.3, -0.25) is 4.68 Å². The smallest absolute Gasteiger partial charge is 0.345 e. The molecule has 5 nitrogen and oxygen atoms in total. The summed E-state index contributed by atoms with van der Waals surface area (Å²) in [4.78, 5) is 2.09. The lowest BCUT2D eigenvalue weighted by atomic mass is 9.98. The molecule has 0 aromatic carbocycles. The lowest BCUT2D eigenvalue weighted by Crippen LogP contribution is -2.39. The zero-order valence-corrected chi connectivity index (χ0v) is 13.0. The number of hydrogen-bond acceptors (Lipinski definition) is 4. The quantitative estimate of drug-likeness (QED) is 0.846. The van der Waals surface area contributed by atoms with E-state index in [1.807, 2.05) is 17.8 Å². The standard InChI is InChI=1S/C16H16F3N5/c1-23-13(6-7-20-23)10-8-11-2-3-12(9-10)24(11)15-5-4-14(21-22-15)16(17,18)19/h4-8,11-12H,2-3,9H2,1H3/t11-,12+/m1/s1. The highest BCUT2D eigenvalue weighted by Gasteiger charge is 2.39. The average molecular weight is 335 g/mol. The molecule has 4 heterocycles. The van der Waals surface area contributed by atoms with Crippen LogP contribution < -0.4 is 4.90 Å². The molecular formula is C16H16F3N5. The molecule has 0 saturated carbocycles. The summed E-state index contributed by atoms with van der Waals surface area (Å²) in [6.07, 6.45) is 2.28. The van der Waals surface area contributed by atoms with Crippen molar-refractivity contribution in [1.82, 2.24) is 20.0 Å². The third-order valence-corrected chi connectivity index (χ3v) is 4.75. The number of hydrogen-bond donors (Lipinski definition) is 0. The summed E-state index contributed by atoms with van der Waals surface area (Å²) >= 11 is 0. The summed E-state index contributed by atoms with van der Waals surface area (Å²) in [6.45, 7) is 0. The topological polar surface area (TPSA) is 46.8 Å². The molecule has 0 radical (unpaired) electrons. The molecule has 24 heavy (non-hydrogen) atoms. The Balaban J connectivity index is 1.62. The lowest BCUT2D eigenvalue weighted by molar-refractivity contribution is -0.141. The monoisotopic (exact) mass is 335 g/mol. The predicted octanol–water partition coefficient (Wildman–Crippen LogP) is 3.05. The van der Waals surface area contributed by atoms with Crippen molar-refractivity contribution in [2.45, 2.75) is 37.5 Å². The van der Waals surface area contributed by atoms with E-state index in [0.717, 1.165) is 31.0 Å². The van der Waals surface area contributed by atoms with Gasteiger partial charge in [-0.1, -0.05) is 6.08 Å². The fourth-order valence-electron chi connectivity index (χ4n) is 3.68. The zero-order valence-electron chi connectivity index (χ0n) is 13.0. The van der Waals surface area contributed by atoms with Gasteiger partial charge in [0.1, 0.15) is 0 Å². The van der Waals surface area contributed by atoms with Gasteiger partial charge in [0.05, 0.1) is 5.69 Å². The second-order valence-electron chi connectivity index (χ2n) is 6.22. The first-order valence-corrected chi connectivity index (χ1v) is 7.82. The van der Waals surface area contributed by atoms with E-state index in [1.165, 1.54) is 11.6 Å².